The van der Waals surface area contributed by atoms with E-state index in [9.17, 15) is 14.4 Å². The Balaban J connectivity index is 1.67. The molecule has 0 bridgehead atoms. The van der Waals surface area contributed by atoms with Crippen molar-refractivity contribution in [1.29, 1.82) is 0 Å². The van der Waals surface area contributed by atoms with Gasteiger partial charge in [0.1, 0.15) is 12.1 Å². The SMILES string of the molecule is N[C@@H]1CCN(C(=O)CN2C(=O)NC3(CCCCC3)C2=O)C1. The summed E-state index contributed by atoms with van der Waals surface area (Å²) in [6.07, 6.45) is 5.10. The predicted molar refractivity (Wildman–Crippen MR) is 75.2 cm³/mol. The van der Waals surface area contributed by atoms with E-state index in [0.717, 1.165) is 30.6 Å². The van der Waals surface area contributed by atoms with Gasteiger partial charge in [0, 0.05) is 19.1 Å². The molecule has 3 rings (SSSR count). The van der Waals surface area contributed by atoms with E-state index in [1.54, 1.807) is 4.90 Å². The van der Waals surface area contributed by atoms with Crippen LogP contribution in [-0.2, 0) is 9.59 Å². The van der Waals surface area contributed by atoms with Crippen LogP contribution in [0.25, 0.3) is 0 Å². The van der Waals surface area contributed by atoms with Crippen molar-refractivity contribution in [2.75, 3.05) is 19.6 Å². The number of hydrogen-bond donors (Lipinski definition) is 2. The molecular weight excluding hydrogens is 272 g/mol. The molecule has 3 aliphatic rings. The lowest BCUT2D eigenvalue weighted by atomic mass is 9.82. The molecule has 3 N–H and O–H groups in total. The Morgan fingerprint density at radius 3 is 2.62 bits per heavy atom. The van der Waals surface area contributed by atoms with Crippen molar-refractivity contribution >= 4 is 17.8 Å². The number of imide groups is 1. The highest BCUT2D eigenvalue weighted by molar-refractivity contribution is 6.09. The number of amides is 4. The summed E-state index contributed by atoms with van der Waals surface area (Å²) in [5.41, 5.74) is 5.03. The van der Waals surface area contributed by atoms with Crippen LogP contribution in [0.5, 0.6) is 0 Å². The third-order valence-corrected chi connectivity index (χ3v) is 4.82. The first-order valence-electron chi connectivity index (χ1n) is 7.69. The van der Waals surface area contributed by atoms with Crippen molar-refractivity contribution in [2.24, 2.45) is 5.73 Å². The number of carbonyl (C=O) groups is 3. The van der Waals surface area contributed by atoms with Gasteiger partial charge in [-0.1, -0.05) is 19.3 Å². The van der Waals surface area contributed by atoms with E-state index in [1.165, 1.54) is 0 Å². The molecule has 1 saturated carbocycles. The fraction of sp³-hybridized carbons (Fsp3) is 0.786. The molecule has 2 heterocycles. The number of nitrogens with two attached hydrogens (primary N) is 1. The third kappa shape index (κ3) is 2.50. The Morgan fingerprint density at radius 2 is 2.00 bits per heavy atom. The van der Waals surface area contributed by atoms with Gasteiger partial charge in [0.2, 0.25) is 5.91 Å². The van der Waals surface area contributed by atoms with Crippen molar-refractivity contribution < 1.29 is 14.4 Å². The van der Waals surface area contributed by atoms with Crippen LogP contribution in [0.1, 0.15) is 38.5 Å². The van der Waals surface area contributed by atoms with Crippen LogP contribution < -0.4 is 11.1 Å². The van der Waals surface area contributed by atoms with Gasteiger partial charge in [-0.3, -0.25) is 14.5 Å². The molecule has 4 amide bonds. The molecule has 0 radical (unpaired) electrons. The molecule has 2 saturated heterocycles. The number of rotatable bonds is 2. The number of carbonyl (C=O) groups excluding carboxylic acids is 3. The van der Waals surface area contributed by atoms with E-state index in [2.05, 4.69) is 5.32 Å². The van der Waals surface area contributed by atoms with Gasteiger partial charge in [-0.15, -0.1) is 0 Å². The normalized spacial score (nSPS) is 28.3. The summed E-state index contributed by atoms with van der Waals surface area (Å²) < 4.78 is 0. The van der Waals surface area contributed by atoms with E-state index in [-0.39, 0.29) is 24.4 Å². The summed E-state index contributed by atoms with van der Waals surface area (Å²) in [7, 11) is 0. The lowest BCUT2D eigenvalue weighted by Crippen LogP contribution is -2.49. The van der Waals surface area contributed by atoms with Crippen LogP contribution in [0.15, 0.2) is 0 Å². The van der Waals surface area contributed by atoms with Crippen molar-refractivity contribution in [3.05, 3.63) is 0 Å². The van der Waals surface area contributed by atoms with Gasteiger partial charge in [0.25, 0.3) is 5.91 Å². The third-order valence-electron chi connectivity index (χ3n) is 4.82. The number of nitrogens with one attached hydrogen (secondary N) is 1. The second kappa shape index (κ2) is 5.29. The summed E-state index contributed by atoms with van der Waals surface area (Å²) in [6, 6.07) is -0.430. The molecule has 0 unspecified atom stereocenters. The molecule has 116 valence electrons. The van der Waals surface area contributed by atoms with Crippen molar-refractivity contribution in [2.45, 2.75) is 50.1 Å². The minimum Gasteiger partial charge on any atom is -0.340 e. The van der Waals surface area contributed by atoms with Crippen LogP contribution in [0.2, 0.25) is 0 Å². The van der Waals surface area contributed by atoms with E-state index < -0.39 is 11.6 Å². The van der Waals surface area contributed by atoms with Gasteiger partial charge in [0.15, 0.2) is 0 Å². The smallest absolute Gasteiger partial charge is 0.325 e. The molecular formula is C14H22N4O3. The molecule has 1 spiro atoms. The maximum atomic E-state index is 12.6. The van der Waals surface area contributed by atoms with Crippen molar-refractivity contribution in [3.8, 4) is 0 Å². The standard InChI is InChI=1S/C14H22N4O3/c15-10-4-7-17(8-10)11(19)9-18-12(20)14(16-13(18)21)5-2-1-3-6-14/h10H,1-9,15H2,(H,16,21)/t10-/m1/s1. The number of nitrogens with zero attached hydrogens (tertiary/aromatic N) is 2. The molecule has 2 aliphatic heterocycles. The fourth-order valence-corrected chi connectivity index (χ4v) is 3.56. The second-order valence-corrected chi connectivity index (χ2v) is 6.35. The quantitative estimate of drug-likeness (QED) is 0.689. The summed E-state index contributed by atoms with van der Waals surface area (Å²) in [5, 5.41) is 2.82. The van der Waals surface area contributed by atoms with Crippen LogP contribution in [0, 0.1) is 0 Å². The molecule has 0 aromatic heterocycles. The highest BCUT2D eigenvalue weighted by Crippen LogP contribution is 2.33. The van der Waals surface area contributed by atoms with Gasteiger partial charge >= 0.3 is 6.03 Å². The molecule has 3 fully saturated rings. The predicted octanol–water partition coefficient (Wildman–Crippen LogP) is -0.199. The lowest BCUT2D eigenvalue weighted by Gasteiger charge is -2.30. The lowest BCUT2D eigenvalue weighted by molar-refractivity contribution is -0.139. The van der Waals surface area contributed by atoms with E-state index in [4.69, 9.17) is 5.73 Å². The van der Waals surface area contributed by atoms with E-state index in [0.29, 0.717) is 25.9 Å². The van der Waals surface area contributed by atoms with Gasteiger partial charge in [0.05, 0.1) is 0 Å². The summed E-state index contributed by atoms with van der Waals surface area (Å²) in [6.45, 7) is 0.946. The minimum atomic E-state index is -0.753. The van der Waals surface area contributed by atoms with Crippen molar-refractivity contribution in [3.63, 3.8) is 0 Å². The zero-order valence-corrected chi connectivity index (χ0v) is 12.1. The summed E-state index contributed by atoms with van der Waals surface area (Å²) in [5.74, 6) is -0.427. The zero-order chi connectivity index (χ0) is 15.0. The molecule has 1 aliphatic carbocycles. The fourth-order valence-electron chi connectivity index (χ4n) is 3.56. The van der Waals surface area contributed by atoms with Crippen LogP contribution in [0.4, 0.5) is 4.79 Å². The Morgan fingerprint density at radius 1 is 1.29 bits per heavy atom. The van der Waals surface area contributed by atoms with Crippen LogP contribution in [-0.4, -0.2) is 58.9 Å². The first-order chi connectivity index (χ1) is 10.0. The Kier molecular flexibility index (Phi) is 3.61. The average Bonchev–Trinajstić information content (AvgIpc) is 2.98. The monoisotopic (exact) mass is 294 g/mol. The first kappa shape index (κ1) is 14.3. The number of urea groups is 1. The molecule has 1 atom stereocenters. The molecule has 0 aromatic rings. The zero-order valence-electron chi connectivity index (χ0n) is 12.1. The Bertz CT molecular complexity index is 473. The number of hydrogen-bond acceptors (Lipinski definition) is 4. The van der Waals surface area contributed by atoms with Crippen molar-refractivity contribution in [1.82, 2.24) is 15.1 Å². The van der Waals surface area contributed by atoms with Gasteiger partial charge in [-0.25, -0.2) is 4.79 Å². The number of likely N-dealkylation sites (tertiary alicyclic amines) is 1. The van der Waals surface area contributed by atoms with Gasteiger partial charge < -0.3 is 16.0 Å². The van der Waals surface area contributed by atoms with Gasteiger partial charge in [-0.05, 0) is 19.3 Å². The minimum absolute atomic E-state index is 0.00161. The van der Waals surface area contributed by atoms with Gasteiger partial charge in [-0.2, -0.15) is 0 Å². The molecule has 7 heteroatoms. The van der Waals surface area contributed by atoms with Crippen LogP contribution >= 0.6 is 0 Å². The maximum absolute atomic E-state index is 12.6. The second-order valence-electron chi connectivity index (χ2n) is 6.35. The van der Waals surface area contributed by atoms with Crippen LogP contribution in [0.3, 0.4) is 0 Å². The summed E-state index contributed by atoms with van der Waals surface area (Å²) in [4.78, 5) is 39.5. The largest absolute Gasteiger partial charge is 0.340 e. The Hall–Kier alpha value is -1.63. The molecule has 0 aromatic carbocycles. The molecule has 21 heavy (non-hydrogen) atoms. The molecule has 7 nitrogen and oxygen atoms in total. The highest BCUT2D eigenvalue weighted by Gasteiger charge is 2.51. The van der Waals surface area contributed by atoms with E-state index in [1.807, 2.05) is 0 Å². The maximum Gasteiger partial charge on any atom is 0.325 e. The van der Waals surface area contributed by atoms with E-state index >= 15 is 0 Å². The Labute approximate surface area is 123 Å². The average molecular weight is 294 g/mol. The summed E-state index contributed by atoms with van der Waals surface area (Å²) >= 11 is 0. The topological polar surface area (TPSA) is 95.7 Å². The first-order valence-corrected chi connectivity index (χ1v) is 7.69. The highest BCUT2D eigenvalue weighted by atomic mass is 16.2.